The average Bonchev–Trinajstić information content (AvgIpc) is 2.45. The Morgan fingerprint density at radius 3 is 2.63 bits per heavy atom. The van der Waals surface area contributed by atoms with Gasteiger partial charge in [-0.1, -0.05) is 0 Å². The maximum atomic E-state index is 12.3. The molecule has 0 aromatic heterocycles. The SMILES string of the molecule is COc1ccc(OC)c(C(=O)N(C)CC(C)C#N)c1. The molecule has 0 aliphatic rings. The van der Waals surface area contributed by atoms with Crippen molar-refractivity contribution in [2.24, 2.45) is 5.92 Å². The minimum Gasteiger partial charge on any atom is -0.497 e. The van der Waals surface area contributed by atoms with Crippen LogP contribution in [0.3, 0.4) is 0 Å². The van der Waals surface area contributed by atoms with Crippen LogP contribution in [-0.4, -0.2) is 38.6 Å². The van der Waals surface area contributed by atoms with E-state index in [9.17, 15) is 4.79 Å². The van der Waals surface area contributed by atoms with E-state index in [4.69, 9.17) is 14.7 Å². The van der Waals surface area contributed by atoms with Crippen LogP contribution in [-0.2, 0) is 0 Å². The number of nitriles is 1. The summed E-state index contributed by atoms with van der Waals surface area (Å²) >= 11 is 0. The normalized spacial score (nSPS) is 11.3. The number of hydrogen-bond donors (Lipinski definition) is 0. The number of carbonyl (C=O) groups excluding carboxylic acids is 1. The smallest absolute Gasteiger partial charge is 0.257 e. The van der Waals surface area contributed by atoms with E-state index in [0.717, 1.165) is 0 Å². The molecule has 0 spiro atoms. The van der Waals surface area contributed by atoms with Gasteiger partial charge in [0, 0.05) is 13.6 Å². The highest BCUT2D eigenvalue weighted by atomic mass is 16.5. The lowest BCUT2D eigenvalue weighted by atomic mass is 10.1. The van der Waals surface area contributed by atoms with E-state index in [2.05, 4.69) is 6.07 Å². The van der Waals surface area contributed by atoms with Gasteiger partial charge in [0.2, 0.25) is 0 Å². The van der Waals surface area contributed by atoms with E-state index in [-0.39, 0.29) is 11.8 Å². The summed E-state index contributed by atoms with van der Waals surface area (Å²) in [4.78, 5) is 13.8. The molecule has 19 heavy (non-hydrogen) atoms. The maximum Gasteiger partial charge on any atom is 0.257 e. The second kappa shape index (κ2) is 6.64. The standard InChI is InChI=1S/C14H18N2O3/c1-10(8-15)9-16(2)14(17)12-7-11(18-3)5-6-13(12)19-4/h5-7,10H,9H2,1-4H3. The number of nitrogens with zero attached hydrogens (tertiary/aromatic N) is 2. The molecule has 5 nitrogen and oxygen atoms in total. The van der Waals surface area contributed by atoms with Crippen LogP contribution in [0.25, 0.3) is 0 Å². The Kier molecular flexibility index (Phi) is 5.19. The Labute approximate surface area is 113 Å². The van der Waals surface area contributed by atoms with Crippen molar-refractivity contribution < 1.29 is 14.3 Å². The highest BCUT2D eigenvalue weighted by Crippen LogP contribution is 2.25. The number of amides is 1. The fraction of sp³-hybridized carbons (Fsp3) is 0.429. The highest BCUT2D eigenvalue weighted by molar-refractivity contribution is 5.97. The van der Waals surface area contributed by atoms with Crippen molar-refractivity contribution in [3.8, 4) is 17.6 Å². The number of rotatable bonds is 5. The van der Waals surface area contributed by atoms with Gasteiger partial charge in [-0.15, -0.1) is 0 Å². The Balaban J connectivity index is 3.00. The summed E-state index contributed by atoms with van der Waals surface area (Å²) in [5, 5.41) is 8.79. The summed E-state index contributed by atoms with van der Waals surface area (Å²) in [7, 11) is 4.71. The van der Waals surface area contributed by atoms with Crippen LogP contribution in [0.2, 0.25) is 0 Å². The Morgan fingerprint density at radius 2 is 2.11 bits per heavy atom. The van der Waals surface area contributed by atoms with Crippen molar-refractivity contribution in [3.05, 3.63) is 23.8 Å². The van der Waals surface area contributed by atoms with E-state index in [0.29, 0.717) is 23.6 Å². The molecule has 0 N–H and O–H groups in total. The second-order valence-electron chi connectivity index (χ2n) is 4.28. The summed E-state index contributed by atoms with van der Waals surface area (Å²) < 4.78 is 10.3. The predicted molar refractivity (Wildman–Crippen MR) is 71.3 cm³/mol. The van der Waals surface area contributed by atoms with E-state index in [1.54, 1.807) is 32.2 Å². The molecule has 1 aromatic rings. The van der Waals surface area contributed by atoms with Crippen molar-refractivity contribution in [2.75, 3.05) is 27.8 Å². The summed E-state index contributed by atoms with van der Waals surface area (Å²) in [5.74, 6) is 0.663. The fourth-order valence-corrected chi connectivity index (χ4v) is 1.72. The molecule has 1 aromatic carbocycles. The van der Waals surface area contributed by atoms with Crippen LogP contribution in [0.15, 0.2) is 18.2 Å². The molecule has 0 radical (unpaired) electrons. The van der Waals surface area contributed by atoms with Crippen molar-refractivity contribution >= 4 is 5.91 Å². The molecular weight excluding hydrogens is 244 g/mol. The van der Waals surface area contributed by atoms with Gasteiger partial charge in [-0.2, -0.15) is 5.26 Å². The molecular formula is C14H18N2O3. The van der Waals surface area contributed by atoms with Gasteiger partial charge in [0.15, 0.2) is 0 Å². The number of ether oxygens (including phenoxy) is 2. The molecule has 0 aliphatic carbocycles. The minimum atomic E-state index is -0.217. The second-order valence-corrected chi connectivity index (χ2v) is 4.28. The lowest BCUT2D eigenvalue weighted by Crippen LogP contribution is -2.31. The minimum absolute atomic E-state index is 0.196. The number of carbonyl (C=O) groups is 1. The molecule has 102 valence electrons. The third-order valence-corrected chi connectivity index (χ3v) is 2.75. The molecule has 1 atom stereocenters. The van der Waals surface area contributed by atoms with Crippen LogP contribution in [0, 0.1) is 17.2 Å². The topological polar surface area (TPSA) is 62.6 Å². The van der Waals surface area contributed by atoms with Crippen molar-refractivity contribution in [1.29, 1.82) is 5.26 Å². The average molecular weight is 262 g/mol. The number of hydrogen-bond acceptors (Lipinski definition) is 4. The number of methoxy groups -OCH3 is 2. The molecule has 0 saturated carbocycles. The Hall–Kier alpha value is -2.22. The molecule has 0 heterocycles. The van der Waals surface area contributed by atoms with E-state index in [1.165, 1.54) is 19.1 Å². The van der Waals surface area contributed by atoms with Gasteiger partial charge in [-0.25, -0.2) is 0 Å². The zero-order chi connectivity index (χ0) is 14.4. The Morgan fingerprint density at radius 1 is 1.42 bits per heavy atom. The molecule has 5 heteroatoms. The summed E-state index contributed by atoms with van der Waals surface area (Å²) in [6.07, 6.45) is 0. The van der Waals surface area contributed by atoms with Gasteiger partial charge < -0.3 is 14.4 Å². The lowest BCUT2D eigenvalue weighted by molar-refractivity contribution is 0.0781. The number of benzene rings is 1. The van der Waals surface area contributed by atoms with Crippen LogP contribution < -0.4 is 9.47 Å². The monoisotopic (exact) mass is 262 g/mol. The zero-order valence-corrected chi connectivity index (χ0v) is 11.6. The van der Waals surface area contributed by atoms with Gasteiger partial charge in [0.05, 0.1) is 31.8 Å². The molecule has 0 fully saturated rings. The fourth-order valence-electron chi connectivity index (χ4n) is 1.72. The molecule has 1 rings (SSSR count). The lowest BCUT2D eigenvalue weighted by Gasteiger charge is -2.20. The van der Waals surface area contributed by atoms with Crippen molar-refractivity contribution in [2.45, 2.75) is 6.92 Å². The zero-order valence-electron chi connectivity index (χ0n) is 11.6. The Bertz CT molecular complexity index is 494. The van der Waals surface area contributed by atoms with E-state index >= 15 is 0 Å². The summed E-state index contributed by atoms with van der Waals surface area (Å²) in [6.45, 7) is 2.14. The first-order valence-corrected chi connectivity index (χ1v) is 5.90. The van der Waals surface area contributed by atoms with Crippen LogP contribution in [0.5, 0.6) is 11.5 Å². The molecule has 1 unspecified atom stereocenters. The van der Waals surface area contributed by atoms with Gasteiger partial charge in [0.1, 0.15) is 11.5 Å². The van der Waals surface area contributed by atoms with Crippen LogP contribution in [0.1, 0.15) is 17.3 Å². The molecule has 0 bridgehead atoms. The largest absolute Gasteiger partial charge is 0.497 e. The van der Waals surface area contributed by atoms with E-state index < -0.39 is 0 Å². The predicted octanol–water partition coefficient (Wildman–Crippen LogP) is 1.94. The third kappa shape index (κ3) is 3.62. The van der Waals surface area contributed by atoms with Gasteiger partial charge >= 0.3 is 0 Å². The van der Waals surface area contributed by atoms with Gasteiger partial charge in [-0.3, -0.25) is 4.79 Å². The first-order chi connectivity index (χ1) is 9.03. The van der Waals surface area contributed by atoms with Crippen LogP contribution in [0.4, 0.5) is 0 Å². The van der Waals surface area contributed by atoms with Crippen molar-refractivity contribution in [1.82, 2.24) is 4.90 Å². The van der Waals surface area contributed by atoms with Gasteiger partial charge in [0.25, 0.3) is 5.91 Å². The maximum absolute atomic E-state index is 12.3. The van der Waals surface area contributed by atoms with Crippen LogP contribution >= 0.6 is 0 Å². The molecule has 0 aliphatic heterocycles. The molecule has 0 saturated heterocycles. The third-order valence-electron chi connectivity index (χ3n) is 2.75. The highest BCUT2D eigenvalue weighted by Gasteiger charge is 2.19. The van der Waals surface area contributed by atoms with Crippen molar-refractivity contribution in [3.63, 3.8) is 0 Å². The molecule has 1 amide bonds. The first kappa shape index (κ1) is 14.8. The summed E-state index contributed by atoms with van der Waals surface area (Å²) in [5.41, 5.74) is 0.425. The van der Waals surface area contributed by atoms with E-state index in [1.807, 2.05) is 0 Å². The van der Waals surface area contributed by atoms with Gasteiger partial charge in [-0.05, 0) is 25.1 Å². The first-order valence-electron chi connectivity index (χ1n) is 5.90. The quantitative estimate of drug-likeness (QED) is 0.813. The summed E-state index contributed by atoms with van der Waals surface area (Å²) in [6, 6.07) is 7.15.